The minimum atomic E-state index is -1.37. The van der Waals surface area contributed by atoms with Gasteiger partial charge in [0.15, 0.2) is 0 Å². The Bertz CT molecular complexity index is 641. The SMILES string of the molecule is Cl.N=C(N)C1(C(=O)NCC(N)=O)C=CC(c2ccccc2)C=C1. The maximum atomic E-state index is 12.3. The molecule has 0 heterocycles. The van der Waals surface area contributed by atoms with E-state index in [4.69, 9.17) is 16.9 Å². The van der Waals surface area contributed by atoms with Crippen molar-refractivity contribution < 1.29 is 9.59 Å². The molecule has 2 rings (SSSR count). The van der Waals surface area contributed by atoms with Gasteiger partial charge in [0.25, 0.3) is 0 Å². The third-order valence-corrected chi connectivity index (χ3v) is 3.56. The molecule has 0 bridgehead atoms. The van der Waals surface area contributed by atoms with Gasteiger partial charge in [-0.2, -0.15) is 0 Å². The van der Waals surface area contributed by atoms with E-state index in [0.717, 1.165) is 5.56 Å². The quantitative estimate of drug-likeness (QED) is 0.362. The van der Waals surface area contributed by atoms with Crippen molar-refractivity contribution in [2.24, 2.45) is 16.9 Å². The Labute approximate surface area is 140 Å². The number of primary amides is 1. The molecule has 0 unspecified atom stereocenters. The molecule has 0 aromatic heterocycles. The van der Waals surface area contributed by atoms with Gasteiger partial charge < -0.3 is 16.8 Å². The smallest absolute Gasteiger partial charge is 0.242 e. The highest BCUT2D eigenvalue weighted by Crippen LogP contribution is 2.32. The Morgan fingerprint density at radius 3 is 2.17 bits per heavy atom. The lowest BCUT2D eigenvalue weighted by Gasteiger charge is -2.28. The maximum absolute atomic E-state index is 12.3. The predicted octanol–water partition coefficient (Wildman–Crippen LogP) is 0.842. The number of amides is 2. The van der Waals surface area contributed by atoms with Gasteiger partial charge in [-0.05, 0) is 5.56 Å². The number of halogens is 1. The van der Waals surface area contributed by atoms with Crippen molar-refractivity contribution in [3.8, 4) is 0 Å². The Kier molecular flexibility index (Phi) is 6.10. The van der Waals surface area contributed by atoms with Crippen LogP contribution in [0, 0.1) is 10.8 Å². The lowest BCUT2D eigenvalue weighted by Crippen LogP contribution is -2.49. The molecule has 1 aliphatic carbocycles. The van der Waals surface area contributed by atoms with Crippen LogP contribution in [0.2, 0.25) is 0 Å². The second kappa shape index (κ2) is 7.60. The predicted molar refractivity (Wildman–Crippen MR) is 91.3 cm³/mol. The number of carbonyl (C=O) groups excluding carboxylic acids is 2. The molecule has 0 saturated heterocycles. The summed E-state index contributed by atoms with van der Waals surface area (Å²) < 4.78 is 0. The Morgan fingerprint density at radius 2 is 1.70 bits per heavy atom. The third kappa shape index (κ3) is 3.98. The molecule has 0 saturated carbocycles. The number of hydrogen-bond acceptors (Lipinski definition) is 3. The third-order valence-electron chi connectivity index (χ3n) is 3.56. The van der Waals surface area contributed by atoms with Crippen LogP contribution in [0.3, 0.4) is 0 Å². The molecule has 23 heavy (non-hydrogen) atoms. The average molecular weight is 335 g/mol. The number of carbonyl (C=O) groups is 2. The highest BCUT2D eigenvalue weighted by atomic mass is 35.5. The number of amidine groups is 1. The van der Waals surface area contributed by atoms with E-state index in [-0.39, 0.29) is 30.7 Å². The van der Waals surface area contributed by atoms with E-state index in [1.54, 1.807) is 12.2 Å². The molecule has 6 N–H and O–H groups in total. The van der Waals surface area contributed by atoms with Gasteiger partial charge in [0.1, 0.15) is 11.3 Å². The van der Waals surface area contributed by atoms with Gasteiger partial charge in [-0.15, -0.1) is 12.4 Å². The standard InChI is InChI=1S/C16H18N4O2.ClH/c17-13(21)10-20-15(22)16(14(18)19)8-6-12(7-9-16)11-4-2-1-3-5-11;/h1-9,12H,10H2,(H2,17,21)(H3,18,19)(H,20,22);1H. The summed E-state index contributed by atoms with van der Waals surface area (Å²) in [6.45, 7) is -0.294. The summed E-state index contributed by atoms with van der Waals surface area (Å²) in [6.07, 6.45) is 6.81. The van der Waals surface area contributed by atoms with E-state index >= 15 is 0 Å². The summed E-state index contributed by atoms with van der Waals surface area (Å²) in [6, 6.07) is 9.75. The van der Waals surface area contributed by atoms with Crippen molar-refractivity contribution >= 4 is 30.1 Å². The monoisotopic (exact) mass is 334 g/mol. The highest BCUT2D eigenvalue weighted by Gasteiger charge is 2.38. The van der Waals surface area contributed by atoms with Gasteiger partial charge in [-0.1, -0.05) is 54.6 Å². The number of allylic oxidation sites excluding steroid dienone is 2. The maximum Gasteiger partial charge on any atom is 0.242 e. The fourth-order valence-electron chi connectivity index (χ4n) is 2.29. The van der Waals surface area contributed by atoms with Crippen LogP contribution in [0.15, 0.2) is 54.6 Å². The lowest BCUT2D eigenvalue weighted by molar-refractivity contribution is -0.127. The summed E-state index contributed by atoms with van der Waals surface area (Å²) in [5.41, 5.74) is 10.3. The van der Waals surface area contributed by atoms with E-state index in [1.165, 1.54) is 0 Å². The first kappa shape index (κ1) is 18.4. The lowest BCUT2D eigenvalue weighted by atomic mass is 9.78. The number of nitrogens with one attached hydrogen (secondary N) is 2. The molecular formula is C16H19ClN4O2. The van der Waals surface area contributed by atoms with E-state index in [0.29, 0.717) is 0 Å². The first-order valence-corrected chi connectivity index (χ1v) is 6.80. The summed E-state index contributed by atoms with van der Waals surface area (Å²) in [7, 11) is 0. The molecule has 6 nitrogen and oxygen atoms in total. The summed E-state index contributed by atoms with van der Waals surface area (Å²) in [5, 5.41) is 10.1. The van der Waals surface area contributed by atoms with E-state index < -0.39 is 17.2 Å². The van der Waals surface area contributed by atoms with Crippen LogP contribution in [0.5, 0.6) is 0 Å². The molecule has 1 aromatic carbocycles. The first-order valence-electron chi connectivity index (χ1n) is 6.80. The molecule has 0 radical (unpaired) electrons. The Balaban J connectivity index is 0.00000264. The first-order chi connectivity index (χ1) is 10.5. The van der Waals surface area contributed by atoms with Crippen LogP contribution in [-0.4, -0.2) is 24.2 Å². The van der Waals surface area contributed by atoms with Gasteiger partial charge in [-0.25, -0.2) is 0 Å². The van der Waals surface area contributed by atoms with Crippen molar-refractivity contribution in [2.75, 3.05) is 6.54 Å². The van der Waals surface area contributed by atoms with Gasteiger partial charge in [0.2, 0.25) is 11.8 Å². The minimum Gasteiger partial charge on any atom is -0.386 e. The van der Waals surface area contributed by atoms with Crippen LogP contribution in [-0.2, 0) is 9.59 Å². The molecule has 7 heteroatoms. The zero-order chi connectivity index (χ0) is 16.2. The minimum absolute atomic E-state index is 0. The number of hydrogen-bond donors (Lipinski definition) is 4. The normalized spacial score (nSPS) is 22.0. The fourth-order valence-corrected chi connectivity index (χ4v) is 2.29. The number of benzene rings is 1. The van der Waals surface area contributed by atoms with E-state index in [2.05, 4.69) is 5.32 Å². The van der Waals surface area contributed by atoms with E-state index in [1.807, 2.05) is 42.5 Å². The molecule has 0 fully saturated rings. The van der Waals surface area contributed by atoms with Crippen LogP contribution in [0.4, 0.5) is 0 Å². The van der Waals surface area contributed by atoms with Crippen molar-refractivity contribution in [3.63, 3.8) is 0 Å². The largest absolute Gasteiger partial charge is 0.386 e. The van der Waals surface area contributed by atoms with Crippen LogP contribution >= 0.6 is 12.4 Å². The average Bonchev–Trinajstić information content (AvgIpc) is 2.53. The highest BCUT2D eigenvalue weighted by molar-refractivity contribution is 6.10. The van der Waals surface area contributed by atoms with E-state index in [9.17, 15) is 9.59 Å². The van der Waals surface area contributed by atoms with Crippen LogP contribution in [0.25, 0.3) is 0 Å². The van der Waals surface area contributed by atoms with Crippen molar-refractivity contribution in [1.82, 2.24) is 5.32 Å². The van der Waals surface area contributed by atoms with Gasteiger partial charge in [0, 0.05) is 5.92 Å². The zero-order valence-electron chi connectivity index (χ0n) is 12.4. The zero-order valence-corrected chi connectivity index (χ0v) is 13.2. The molecular weight excluding hydrogens is 316 g/mol. The van der Waals surface area contributed by atoms with Crippen LogP contribution < -0.4 is 16.8 Å². The molecule has 1 aromatic rings. The molecule has 122 valence electrons. The molecule has 0 spiro atoms. The van der Waals surface area contributed by atoms with Crippen molar-refractivity contribution in [2.45, 2.75) is 5.92 Å². The fraction of sp³-hybridized carbons (Fsp3) is 0.188. The molecule has 0 aliphatic heterocycles. The Hall–Kier alpha value is -2.60. The summed E-state index contributed by atoms with van der Waals surface area (Å²) in [5.74, 6) is -1.50. The van der Waals surface area contributed by atoms with Gasteiger partial charge in [0.05, 0.1) is 6.54 Å². The van der Waals surface area contributed by atoms with Gasteiger partial charge >= 0.3 is 0 Å². The van der Waals surface area contributed by atoms with Crippen LogP contribution in [0.1, 0.15) is 11.5 Å². The molecule has 0 atom stereocenters. The Morgan fingerprint density at radius 1 is 1.13 bits per heavy atom. The number of nitrogens with two attached hydrogens (primary N) is 2. The van der Waals surface area contributed by atoms with Crippen molar-refractivity contribution in [3.05, 3.63) is 60.2 Å². The second-order valence-electron chi connectivity index (χ2n) is 5.09. The second-order valence-corrected chi connectivity index (χ2v) is 5.09. The molecule has 1 aliphatic rings. The number of rotatable bonds is 5. The van der Waals surface area contributed by atoms with Crippen molar-refractivity contribution in [1.29, 1.82) is 5.41 Å². The summed E-state index contributed by atoms with van der Waals surface area (Å²) in [4.78, 5) is 23.1. The summed E-state index contributed by atoms with van der Waals surface area (Å²) >= 11 is 0. The topological polar surface area (TPSA) is 122 Å². The van der Waals surface area contributed by atoms with Gasteiger partial charge in [-0.3, -0.25) is 15.0 Å². The molecule has 2 amide bonds.